The molecule has 0 amide bonds. The van der Waals surface area contributed by atoms with Gasteiger partial charge in [0.2, 0.25) is 0 Å². The molecule has 0 bridgehead atoms. The maximum atomic E-state index is 0. The molecule has 0 N–H and O–H groups in total. The minimum absolute atomic E-state index is 0. The average Bonchev–Trinajstić information content (AvgIpc) is 0. The second kappa shape index (κ2) is 20.8. The maximum absolute atomic E-state index is 0. The third-order valence-electron chi connectivity index (χ3n) is 0. The van der Waals surface area contributed by atoms with Gasteiger partial charge in [-0.05, 0) is 0 Å². The summed E-state index contributed by atoms with van der Waals surface area (Å²) >= 11 is 0. The number of rotatable bonds is 0. The molecule has 0 aliphatic heterocycles. The van der Waals surface area contributed by atoms with Crippen molar-refractivity contribution in [2.75, 3.05) is 0 Å². The van der Waals surface area contributed by atoms with Crippen LogP contribution in [0.2, 0.25) is 0 Å². The smallest absolute Gasteiger partial charge is 0 e. The summed E-state index contributed by atoms with van der Waals surface area (Å²) in [7, 11) is 0. The molecule has 0 spiro atoms. The van der Waals surface area contributed by atoms with Crippen LogP contribution in [0.5, 0.6) is 0 Å². The third-order valence-corrected chi connectivity index (χ3v) is 0. The topological polar surface area (TPSA) is 0 Å². The fourth-order valence-electron chi connectivity index (χ4n) is 0. The zero-order valence-corrected chi connectivity index (χ0v) is 8.02. The van der Waals surface area contributed by atoms with Crippen LogP contribution in [0.25, 0.3) is 0 Å². The van der Waals surface area contributed by atoms with E-state index < -0.39 is 0 Å². The summed E-state index contributed by atoms with van der Waals surface area (Å²) in [5.41, 5.74) is 0. The van der Waals surface area contributed by atoms with Crippen LogP contribution >= 0.6 is 9.90 Å². The molecular weight excluding hydrogens is 238 g/mol. The molecule has 0 aromatic rings. The second-order valence-corrected chi connectivity index (χ2v) is 0. The Balaban J connectivity index is 0. The van der Waals surface area contributed by atoms with E-state index in [4.69, 9.17) is 0 Å². The molecule has 0 heterocycles. The van der Waals surface area contributed by atoms with E-state index in [0.717, 1.165) is 0 Å². The Morgan fingerprint density at radius 1 is 1.00 bits per heavy atom. The predicted molar refractivity (Wildman–Crippen MR) is 28.4 cm³/mol. The molecule has 0 aliphatic rings. The molecule has 4 heteroatoms. The summed E-state index contributed by atoms with van der Waals surface area (Å²) in [5, 5.41) is 0. The van der Waals surface area contributed by atoms with Gasteiger partial charge in [-0.15, -0.1) is 0 Å². The van der Waals surface area contributed by atoms with Crippen molar-refractivity contribution in [2.45, 2.75) is 0 Å². The molecule has 1 unspecified atom stereocenters. The first-order valence-electron chi connectivity index (χ1n) is 0. The van der Waals surface area contributed by atoms with Gasteiger partial charge in [0.05, 0.1) is 0 Å². The van der Waals surface area contributed by atoms with Crippen LogP contribution in [-0.4, -0.2) is 50.8 Å². The van der Waals surface area contributed by atoms with E-state index in [9.17, 15) is 0 Å². The van der Waals surface area contributed by atoms with E-state index in [1.54, 1.807) is 0 Å². The maximum Gasteiger partial charge on any atom is 0 e. The molecule has 4 heavy (non-hydrogen) atoms. The Morgan fingerprint density at radius 3 is 1.00 bits per heavy atom. The Labute approximate surface area is 60.4 Å². The van der Waals surface area contributed by atoms with Gasteiger partial charge in [-0.3, -0.25) is 0 Å². The van der Waals surface area contributed by atoms with Crippen molar-refractivity contribution < 1.29 is 0 Å². The van der Waals surface area contributed by atoms with E-state index in [1.807, 2.05) is 0 Å². The van der Waals surface area contributed by atoms with Crippen LogP contribution in [0.3, 0.4) is 0 Å². The van der Waals surface area contributed by atoms with Crippen molar-refractivity contribution in [1.29, 1.82) is 0 Å². The molecule has 1 atom stereocenters. The van der Waals surface area contributed by atoms with E-state index in [1.165, 1.54) is 0 Å². The first-order valence-corrected chi connectivity index (χ1v) is 0. The van der Waals surface area contributed by atoms with E-state index in [-0.39, 0.29) is 60.7 Å². The summed E-state index contributed by atoms with van der Waals surface area (Å²) < 4.78 is 0. The van der Waals surface area contributed by atoms with Crippen molar-refractivity contribution in [1.82, 2.24) is 0 Å². The second-order valence-electron chi connectivity index (χ2n) is 0. The normalized spacial score (nSPS) is 0. The van der Waals surface area contributed by atoms with Crippen LogP contribution in [0.1, 0.15) is 0 Å². The van der Waals surface area contributed by atoms with Gasteiger partial charge in [0.25, 0.3) is 0 Å². The summed E-state index contributed by atoms with van der Waals surface area (Å²) in [6.45, 7) is 0. The Kier molecular flexibility index (Phi) is 207. The van der Waals surface area contributed by atoms with Crippen LogP contribution in [0, 0.1) is 0 Å². The average molecular weight is 241 g/mol. The summed E-state index contributed by atoms with van der Waals surface area (Å²) in [5.74, 6) is 0. The molecule has 0 saturated heterocycles. The van der Waals surface area contributed by atoms with Gasteiger partial charge in [-0.25, -0.2) is 0 Å². The van der Waals surface area contributed by atoms with Crippen LogP contribution < -0.4 is 0 Å². The molecule has 0 aliphatic carbocycles. The van der Waals surface area contributed by atoms with Crippen LogP contribution in [-0.2, 0) is 0 Å². The first kappa shape index (κ1) is 39.8. The molecular formula is H3AsBPSb. The Morgan fingerprint density at radius 2 is 1.00 bits per heavy atom. The predicted octanol–water partition coefficient (Wildman–Crippen LogP) is -1.08. The van der Waals surface area contributed by atoms with Crippen molar-refractivity contribution >= 4 is 60.7 Å². The van der Waals surface area contributed by atoms with Gasteiger partial charge in [0, 0.05) is 50.8 Å². The van der Waals surface area contributed by atoms with Crippen molar-refractivity contribution in [3.05, 3.63) is 0 Å². The Bertz CT molecular complexity index is 8.00. The third kappa shape index (κ3) is 9.11. The van der Waals surface area contributed by atoms with Crippen LogP contribution in [0.4, 0.5) is 0 Å². The molecule has 0 aromatic heterocycles. The Hall–Kier alpha value is 1.87. The number of hydrogen-bond donors (Lipinski definition) is 0. The van der Waals surface area contributed by atoms with E-state index >= 15 is 0 Å². The number of hydrogen-bond acceptors (Lipinski definition) is 0. The minimum Gasteiger partial charge on any atom is -0.153 e. The summed E-state index contributed by atoms with van der Waals surface area (Å²) in [6, 6.07) is 0. The van der Waals surface area contributed by atoms with Gasteiger partial charge in [0.15, 0.2) is 0 Å². The van der Waals surface area contributed by atoms with Crippen LogP contribution in [0.15, 0.2) is 0 Å². The quantitative estimate of drug-likeness (QED) is 0.374. The summed E-state index contributed by atoms with van der Waals surface area (Å²) in [6.07, 6.45) is 0. The molecule has 21 valence electrons. The SMILES string of the molecule is P.[As].[B].[Sb]. The molecule has 9 radical (unpaired) electrons. The van der Waals surface area contributed by atoms with Crippen molar-refractivity contribution in [3.63, 3.8) is 0 Å². The first-order chi connectivity index (χ1) is 0. The molecule has 0 aromatic carbocycles. The zero-order valence-electron chi connectivity index (χ0n) is 2.18. The molecule has 0 fully saturated rings. The van der Waals surface area contributed by atoms with Gasteiger partial charge in [0.1, 0.15) is 0 Å². The van der Waals surface area contributed by atoms with Gasteiger partial charge in [-0.2, -0.15) is 9.90 Å². The monoisotopic (exact) mass is 241 g/mol. The largest absolute Gasteiger partial charge is 0.153 e. The van der Waals surface area contributed by atoms with Gasteiger partial charge >= 0.3 is 0 Å². The standard InChI is InChI=1S/As.B.H3P.Sb/h;;1H3;. The fraction of sp³-hybridized carbons (Fsp3) is 0. The summed E-state index contributed by atoms with van der Waals surface area (Å²) in [4.78, 5) is 0. The molecule has 0 rings (SSSR count). The fourth-order valence-corrected chi connectivity index (χ4v) is 0. The van der Waals surface area contributed by atoms with E-state index in [0.29, 0.717) is 0 Å². The van der Waals surface area contributed by atoms with Crippen molar-refractivity contribution in [3.8, 4) is 0 Å². The molecule has 0 nitrogen and oxygen atoms in total. The van der Waals surface area contributed by atoms with E-state index in [2.05, 4.69) is 0 Å². The molecule has 0 saturated carbocycles. The van der Waals surface area contributed by atoms with Gasteiger partial charge < -0.3 is 0 Å². The van der Waals surface area contributed by atoms with Gasteiger partial charge in [-0.1, -0.05) is 0 Å². The zero-order chi connectivity index (χ0) is 0. The van der Waals surface area contributed by atoms with Crippen molar-refractivity contribution in [2.24, 2.45) is 0 Å². The minimum atomic E-state index is 0.